The second-order valence-corrected chi connectivity index (χ2v) is 6.22. The highest BCUT2D eigenvalue weighted by Crippen LogP contribution is 2.35. The lowest BCUT2D eigenvalue weighted by Gasteiger charge is -2.00. The van der Waals surface area contributed by atoms with Crippen LogP contribution in [-0.2, 0) is 0 Å². The maximum atomic E-state index is 13.1. The van der Waals surface area contributed by atoms with Crippen LogP contribution in [0.4, 0.5) is 4.39 Å². The minimum Gasteiger partial charge on any atom is -0.497 e. The molecular formula is C14H10FNOS2. The van der Waals surface area contributed by atoms with E-state index in [0.717, 1.165) is 25.2 Å². The smallest absolute Gasteiger partial charge is 0.155 e. The summed E-state index contributed by atoms with van der Waals surface area (Å²) in [5.74, 6) is 0.605. The topological polar surface area (TPSA) is 22.1 Å². The Morgan fingerprint density at radius 1 is 1.16 bits per heavy atom. The third-order valence-corrected chi connectivity index (χ3v) is 4.68. The molecule has 0 aliphatic carbocycles. The average Bonchev–Trinajstić information content (AvgIpc) is 2.81. The van der Waals surface area contributed by atoms with Crippen molar-refractivity contribution in [1.82, 2.24) is 4.98 Å². The molecule has 1 heterocycles. The molecule has 0 amide bonds. The molecule has 0 N–H and O–H groups in total. The number of nitrogens with zero attached hydrogens (tertiary/aromatic N) is 1. The summed E-state index contributed by atoms with van der Waals surface area (Å²) in [5, 5.41) is 0. The largest absolute Gasteiger partial charge is 0.497 e. The summed E-state index contributed by atoms with van der Waals surface area (Å²) in [6.07, 6.45) is 0. The molecule has 0 fully saturated rings. The first-order valence-electron chi connectivity index (χ1n) is 5.62. The van der Waals surface area contributed by atoms with Crippen molar-refractivity contribution in [3.05, 3.63) is 48.3 Å². The van der Waals surface area contributed by atoms with E-state index in [1.54, 1.807) is 24.9 Å². The molecule has 0 bridgehead atoms. The second kappa shape index (κ2) is 5.19. The van der Waals surface area contributed by atoms with Crippen molar-refractivity contribution in [2.75, 3.05) is 7.11 Å². The van der Waals surface area contributed by atoms with Gasteiger partial charge in [-0.2, -0.15) is 0 Å². The summed E-state index contributed by atoms with van der Waals surface area (Å²) in [4.78, 5) is 5.56. The normalized spacial score (nSPS) is 10.8. The lowest BCUT2D eigenvalue weighted by Crippen LogP contribution is -1.81. The predicted octanol–water partition coefficient (Wildman–Crippen LogP) is 4.60. The fourth-order valence-electron chi connectivity index (χ4n) is 1.67. The van der Waals surface area contributed by atoms with Crippen LogP contribution in [0.3, 0.4) is 0 Å². The van der Waals surface area contributed by atoms with Crippen molar-refractivity contribution in [3.8, 4) is 5.75 Å². The number of hydrogen-bond donors (Lipinski definition) is 0. The van der Waals surface area contributed by atoms with Gasteiger partial charge in [0.1, 0.15) is 11.6 Å². The molecular weight excluding hydrogens is 281 g/mol. The van der Waals surface area contributed by atoms with Crippen LogP contribution in [0.15, 0.2) is 51.7 Å². The summed E-state index contributed by atoms with van der Waals surface area (Å²) in [7, 11) is 1.64. The number of aromatic nitrogens is 1. The lowest BCUT2D eigenvalue weighted by molar-refractivity contribution is 0.414. The minimum absolute atomic E-state index is 0.225. The quantitative estimate of drug-likeness (QED) is 0.704. The van der Waals surface area contributed by atoms with Crippen LogP contribution in [0.1, 0.15) is 0 Å². The SMILES string of the molecule is COc1ccc(Sc2nc3ccc(F)cc3s2)cc1. The average molecular weight is 291 g/mol. The predicted molar refractivity (Wildman–Crippen MR) is 76.7 cm³/mol. The minimum atomic E-state index is -0.225. The Labute approximate surface area is 118 Å². The van der Waals surface area contributed by atoms with Crippen molar-refractivity contribution < 1.29 is 9.13 Å². The zero-order valence-electron chi connectivity index (χ0n) is 10.1. The standard InChI is InChI=1S/C14H10FNOS2/c1-17-10-3-5-11(6-4-10)18-14-16-12-7-2-9(15)8-13(12)19-14/h2-8H,1H3. The van der Waals surface area contributed by atoms with E-state index in [2.05, 4.69) is 4.98 Å². The number of benzene rings is 2. The van der Waals surface area contributed by atoms with E-state index in [-0.39, 0.29) is 5.82 Å². The number of thiazole rings is 1. The first-order valence-corrected chi connectivity index (χ1v) is 7.26. The second-order valence-electron chi connectivity index (χ2n) is 3.87. The van der Waals surface area contributed by atoms with Crippen LogP contribution >= 0.6 is 23.1 Å². The van der Waals surface area contributed by atoms with Gasteiger partial charge in [-0.1, -0.05) is 11.8 Å². The van der Waals surface area contributed by atoms with Gasteiger partial charge in [0.05, 0.1) is 17.3 Å². The first-order chi connectivity index (χ1) is 9.24. The van der Waals surface area contributed by atoms with Crippen molar-refractivity contribution in [2.24, 2.45) is 0 Å². The van der Waals surface area contributed by atoms with Gasteiger partial charge in [-0.3, -0.25) is 0 Å². The molecule has 1 aromatic heterocycles. The van der Waals surface area contributed by atoms with Crippen molar-refractivity contribution in [2.45, 2.75) is 9.24 Å². The monoisotopic (exact) mass is 291 g/mol. The number of hydrogen-bond acceptors (Lipinski definition) is 4. The number of halogens is 1. The maximum Gasteiger partial charge on any atom is 0.155 e. The summed E-state index contributed by atoms with van der Waals surface area (Å²) < 4.78 is 20.0. The van der Waals surface area contributed by atoms with Crippen LogP contribution in [0, 0.1) is 5.82 Å². The molecule has 2 aromatic carbocycles. The Morgan fingerprint density at radius 3 is 2.68 bits per heavy atom. The molecule has 19 heavy (non-hydrogen) atoms. The van der Waals surface area contributed by atoms with Gasteiger partial charge in [0.25, 0.3) is 0 Å². The molecule has 0 saturated heterocycles. The van der Waals surface area contributed by atoms with Gasteiger partial charge in [-0.05, 0) is 42.5 Å². The highest BCUT2D eigenvalue weighted by Gasteiger charge is 2.06. The van der Waals surface area contributed by atoms with Gasteiger partial charge in [0, 0.05) is 4.90 Å². The molecule has 0 atom stereocenters. The number of methoxy groups -OCH3 is 1. The van der Waals surface area contributed by atoms with E-state index >= 15 is 0 Å². The number of rotatable bonds is 3. The van der Waals surface area contributed by atoms with Crippen molar-refractivity contribution in [3.63, 3.8) is 0 Å². The fraction of sp³-hybridized carbons (Fsp3) is 0.0714. The van der Waals surface area contributed by atoms with Crippen molar-refractivity contribution >= 4 is 33.3 Å². The van der Waals surface area contributed by atoms with Gasteiger partial charge >= 0.3 is 0 Å². The highest BCUT2D eigenvalue weighted by molar-refractivity contribution is 8.01. The third kappa shape index (κ3) is 2.72. The van der Waals surface area contributed by atoms with E-state index in [9.17, 15) is 4.39 Å². The van der Waals surface area contributed by atoms with Gasteiger partial charge in [0.2, 0.25) is 0 Å². The Kier molecular flexibility index (Phi) is 3.40. The molecule has 3 rings (SSSR count). The molecule has 96 valence electrons. The Balaban J connectivity index is 1.87. The Hall–Kier alpha value is -1.59. The van der Waals surface area contributed by atoms with E-state index in [0.29, 0.717) is 0 Å². The molecule has 0 aliphatic rings. The molecule has 0 unspecified atom stereocenters. The molecule has 5 heteroatoms. The molecule has 0 saturated carbocycles. The van der Waals surface area contributed by atoms with Crippen LogP contribution in [0.2, 0.25) is 0 Å². The summed E-state index contributed by atoms with van der Waals surface area (Å²) in [5.41, 5.74) is 0.836. The van der Waals surface area contributed by atoms with E-state index in [1.165, 1.54) is 23.5 Å². The summed E-state index contributed by atoms with van der Waals surface area (Å²) in [6, 6.07) is 12.4. The van der Waals surface area contributed by atoms with E-state index < -0.39 is 0 Å². The van der Waals surface area contributed by atoms with E-state index in [4.69, 9.17) is 4.74 Å². The number of ether oxygens (including phenoxy) is 1. The summed E-state index contributed by atoms with van der Waals surface area (Å²) in [6.45, 7) is 0. The van der Waals surface area contributed by atoms with Gasteiger partial charge in [0.15, 0.2) is 4.34 Å². The fourth-order valence-corrected chi connectivity index (χ4v) is 3.73. The van der Waals surface area contributed by atoms with Crippen LogP contribution in [0.5, 0.6) is 5.75 Å². The Bertz CT molecular complexity index is 709. The van der Waals surface area contributed by atoms with Gasteiger partial charge in [-0.25, -0.2) is 9.37 Å². The van der Waals surface area contributed by atoms with Crippen molar-refractivity contribution in [1.29, 1.82) is 0 Å². The molecule has 0 spiro atoms. The van der Waals surface area contributed by atoms with Gasteiger partial charge < -0.3 is 4.74 Å². The zero-order valence-corrected chi connectivity index (χ0v) is 11.7. The van der Waals surface area contributed by atoms with Crippen LogP contribution in [-0.4, -0.2) is 12.1 Å². The molecule has 0 aliphatic heterocycles. The summed E-state index contributed by atoms with van der Waals surface area (Å²) >= 11 is 3.06. The highest BCUT2D eigenvalue weighted by atomic mass is 32.2. The lowest BCUT2D eigenvalue weighted by atomic mass is 10.3. The molecule has 3 aromatic rings. The first kappa shape index (κ1) is 12.4. The molecule has 2 nitrogen and oxygen atoms in total. The third-order valence-electron chi connectivity index (χ3n) is 2.60. The maximum absolute atomic E-state index is 13.1. The Morgan fingerprint density at radius 2 is 1.95 bits per heavy atom. The molecule has 0 radical (unpaired) electrons. The van der Waals surface area contributed by atoms with Crippen LogP contribution in [0.25, 0.3) is 10.2 Å². The zero-order chi connectivity index (χ0) is 13.2. The van der Waals surface area contributed by atoms with Crippen LogP contribution < -0.4 is 4.74 Å². The number of fused-ring (bicyclic) bond motifs is 1. The van der Waals surface area contributed by atoms with Gasteiger partial charge in [-0.15, -0.1) is 11.3 Å². The van der Waals surface area contributed by atoms with E-state index in [1.807, 2.05) is 24.3 Å².